The molecule has 7 nitrogen and oxygen atoms in total. The predicted molar refractivity (Wildman–Crippen MR) is 106 cm³/mol. The van der Waals surface area contributed by atoms with E-state index >= 15 is 0 Å². The van der Waals surface area contributed by atoms with E-state index in [0.717, 1.165) is 0 Å². The first-order chi connectivity index (χ1) is 13.8. The van der Waals surface area contributed by atoms with Gasteiger partial charge in [-0.25, -0.2) is 12.8 Å². The van der Waals surface area contributed by atoms with Gasteiger partial charge in [-0.2, -0.15) is 4.31 Å². The maximum atomic E-state index is 13.2. The Bertz CT molecular complexity index is 979. The Morgan fingerprint density at radius 3 is 2.52 bits per heavy atom. The Hall–Kier alpha value is -2.65. The van der Waals surface area contributed by atoms with Crippen molar-refractivity contribution in [3.05, 3.63) is 48.3 Å². The molecule has 0 unspecified atom stereocenters. The highest BCUT2D eigenvalue weighted by molar-refractivity contribution is 7.89. The summed E-state index contributed by atoms with van der Waals surface area (Å²) >= 11 is 0. The third-order valence-corrected chi connectivity index (χ3v) is 6.74. The molecule has 1 saturated heterocycles. The summed E-state index contributed by atoms with van der Waals surface area (Å²) in [4.78, 5) is 12.6. The number of hydrogen-bond acceptors (Lipinski definition) is 5. The lowest BCUT2D eigenvalue weighted by atomic mass is 9.99. The van der Waals surface area contributed by atoms with Crippen LogP contribution in [-0.4, -0.2) is 45.9 Å². The second-order valence-electron chi connectivity index (χ2n) is 6.72. The highest BCUT2D eigenvalue weighted by Crippen LogP contribution is 2.32. The van der Waals surface area contributed by atoms with E-state index in [0.29, 0.717) is 30.8 Å². The summed E-state index contributed by atoms with van der Waals surface area (Å²) in [5, 5.41) is 2.72. The zero-order valence-corrected chi connectivity index (χ0v) is 17.0. The number of ether oxygens (including phenoxy) is 2. The number of hydrogen-bond donors (Lipinski definition) is 1. The summed E-state index contributed by atoms with van der Waals surface area (Å²) in [6.07, 6.45) is 1.11. The lowest BCUT2D eigenvalue weighted by molar-refractivity contribution is -0.120. The van der Waals surface area contributed by atoms with E-state index in [1.54, 1.807) is 6.07 Å². The fourth-order valence-corrected chi connectivity index (χ4v) is 4.97. The van der Waals surface area contributed by atoms with Gasteiger partial charge >= 0.3 is 0 Å². The van der Waals surface area contributed by atoms with E-state index in [2.05, 4.69) is 5.32 Å². The minimum atomic E-state index is -3.88. The molecule has 1 heterocycles. The van der Waals surface area contributed by atoms with Crippen LogP contribution in [0.25, 0.3) is 0 Å². The summed E-state index contributed by atoms with van der Waals surface area (Å²) in [7, 11) is -1.03. The van der Waals surface area contributed by atoms with Gasteiger partial charge in [-0.15, -0.1) is 0 Å². The molecule has 1 amide bonds. The largest absolute Gasteiger partial charge is 0.497 e. The van der Waals surface area contributed by atoms with Crippen molar-refractivity contribution >= 4 is 21.6 Å². The van der Waals surface area contributed by atoms with Crippen LogP contribution in [0.5, 0.6) is 11.5 Å². The van der Waals surface area contributed by atoms with Gasteiger partial charge in [0.05, 0.1) is 20.1 Å². The summed E-state index contributed by atoms with van der Waals surface area (Å²) in [5.41, 5.74) is 0.464. The van der Waals surface area contributed by atoms with Gasteiger partial charge in [0.15, 0.2) is 0 Å². The van der Waals surface area contributed by atoms with Gasteiger partial charge in [-0.3, -0.25) is 4.79 Å². The number of methoxy groups -OCH3 is 2. The predicted octanol–water partition coefficient (Wildman–Crippen LogP) is 2.88. The van der Waals surface area contributed by atoms with Gasteiger partial charge in [-0.1, -0.05) is 0 Å². The van der Waals surface area contributed by atoms with E-state index in [1.165, 1.54) is 54.9 Å². The number of sulfonamides is 1. The van der Waals surface area contributed by atoms with Crippen molar-refractivity contribution in [2.24, 2.45) is 5.92 Å². The van der Waals surface area contributed by atoms with E-state index in [-0.39, 0.29) is 23.1 Å². The first-order valence-corrected chi connectivity index (χ1v) is 10.6. The average molecular weight is 422 g/mol. The SMILES string of the molecule is COc1ccc(OC)c(S(=O)(=O)N2CCC[C@@H](C(=O)Nc3ccc(F)cc3)C2)c1. The Morgan fingerprint density at radius 1 is 1.14 bits per heavy atom. The molecule has 1 aliphatic heterocycles. The molecule has 0 saturated carbocycles. The Kier molecular flexibility index (Phi) is 6.39. The van der Waals surface area contributed by atoms with Crippen LogP contribution in [0.1, 0.15) is 12.8 Å². The summed E-state index contributed by atoms with van der Waals surface area (Å²) in [6, 6.07) is 10.00. The van der Waals surface area contributed by atoms with Crippen LogP contribution < -0.4 is 14.8 Å². The van der Waals surface area contributed by atoms with Gasteiger partial charge in [0.2, 0.25) is 15.9 Å². The van der Waals surface area contributed by atoms with Crippen molar-refractivity contribution in [3.8, 4) is 11.5 Å². The van der Waals surface area contributed by atoms with Gasteiger partial charge in [0.1, 0.15) is 22.2 Å². The normalized spacial score (nSPS) is 17.6. The van der Waals surface area contributed by atoms with Crippen LogP contribution in [0.4, 0.5) is 10.1 Å². The van der Waals surface area contributed by atoms with Crippen LogP contribution in [0, 0.1) is 11.7 Å². The van der Waals surface area contributed by atoms with Crippen LogP contribution in [-0.2, 0) is 14.8 Å². The molecule has 2 aromatic carbocycles. The number of nitrogens with one attached hydrogen (secondary N) is 1. The number of amides is 1. The third kappa shape index (κ3) is 4.68. The Morgan fingerprint density at radius 2 is 1.86 bits per heavy atom. The molecule has 0 spiro atoms. The second-order valence-corrected chi connectivity index (χ2v) is 8.62. The first-order valence-electron chi connectivity index (χ1n) is 9.13. The molecule has 3 rings (SSSR count). The number of carbonyl (C=O) groups excluding carboxylic acids is 1. The summed E-state index contributed by atoms with van der Waals surface area (Å²) < 4.78 is 51.1. The van der Waals surface area contributed by atoms with Crippen molar-refractivity contribution in [1.82, 2.24) is 4.31 Å². The van der Waals surface area contributed by atoms with Gasteiger partial charge in [0.25, 0.3) is 0 Å². The van der Waals surface area contributed by atoms with Crippen molar-refractivity contribution in [2.75, 3.05) is 32.6 Å². The van der Waals surface area contributed by atoms with Crippen LogP contribution in [0.2, 0.25) is 0 Å². The zero-order valence-electron chi connectivity index (χ0n) is 16.2. The molecule has 0 bridgehead atoms. The third-order valence-electron chi connectivity index (χ3n) is 4.86. The average Bonchev–Trinajstić information content (AvgIpc) is 2.74. The Labute approximate surface area is 169 Å². The molecule has 1 fully saturated rings. The van der Waals surface area contributed by atoms with E-state index in [4.69, 9.17) is 9.47 Å². The lowest BCUT2D eigenvalue weighted by Gasteiger charge is -2.31. The van der Waals surface area contributed by atoms with Crippen molar-refractivity contribution in [1.29, 1.82) is 0 Å². The first kappa shape index (κ1) is 21.1. The number of anilines is 1. The minimum absolute atomic E-state index is 0.000979. The molecule has 1 aliphatic rings. The monoisotopic (exact) mass is 422 g/mol. The fourth-order valence-electron chi connectivity index (χ4n) is 3.28. The number of nitrogens with zero attached hydrogens (tertiary/aromatic N) is 1. The molecule has 9 heteroatoms. The fraction of sp³-hybridized carbons (Fsp3) is 0.350. The van der Waals surface area contributed by atoms with Crippen LogP contribution in [0.15, 0.2) is 47.4 Å². The highest BCUT2D eigenvalue weighted by Gasteiger charge is 2.35. The van der Waals surface area contributed by atoms with E-state index in [9.17, 15) is 17.6 Å². The number of piperidine rings is 1. The van der Waals surface area contributed by atoms with Crippen LogP contribution in [0.3, 0.4) is 0 Å². The number of halogens is 1. The molecule has 1 N–H and O–H groups in total. The molecule has 0 aliphatic carbocycles. The van der Waals surface area contributed by atoms with Gasteiger partial charge in [0, 0.05) is 24.8 Å². The maximum absolute atomic E-state index is 13.2. The smallest absolute Gasteiger partial charge is 0.246 e. The Balaban J connectivity index is 1.79. The van der Waals surface area contributed by atoms with Crippen molar-refractivity contribution in [2.45, 2.75) is 17.7 Å². The minimum Gasteiger partial charge on any atom is -0.497 e. The summed E-state index contributed by atoms with van der Waals surface area (Å²) in [5.74, 6) is -0.602. The quantitative estimate of drug-likeness (QED) is 0.774. The molecule has 0 radical (unpaired) electrons. The van der Waals surface area contributed by atoms with Crippen LogP contribution >= 0.6 is 0 Å². The molecule has 1 atom stereocenters. The summed E-state index contributed by atoms with van der Waals surface area (Å²) in [6.45, 7) is 0.360. The maximum Gasteiger partial charge on any atom is 0.246 e. The number of carbonyl (C=O) groups is 1. The molecule has 0 aromatic heterocycles. The van der Waals surface area contributed by atoms with Gasteiger partial charge in [-0.05, 0) is 49.2 Å². The van der Waals surface area contributed by atoms with Crippen molar-refractivity contribution in [3.63, 3.8) is 0 Å². The van der Waals surface area contributed by atoms with Crippen molar-refractivity contribution < 1.29 is 27.1 Å². The van der Waals surface area contributed by atoms with Gasteiger partial charge < -0.3 is 14.8 Å². The number of benzene rings is 2. The standard InChI is InChI=1S/C20H23FN2O5S/c1-27-17-9-10-18(28-2)19(12-17)29(25,26)23-11-3-4-14(13-23)20(24)22-16-7-5-15(21)6-8-16/h5-10,12,14H,3-4,11,13H2,1-2H3,(H,22,24)/t14-/m1/s1. The molecule has 2 aromatic rings. The zero-order chi connectivity index (χ0) is 21.0. The number of rotatable bonds is 6. The lowest BCUT2D eigenvalue weighted by Crippen LogP contribution is -2.43. The van der Waals surface area contributed by atoms with E-state index in [1.807, 2.05) is 0 Å². The highest BCUT2D eigenvalue weighted by atomic mass is 32.2. The second kappa shape index (κ2) is 8.79. The molecular formula is C20H23FN2O5S. The molecular weight excluding hydrogens is 399 g/mol. The topological polar surface area (TPSA) is 84.9 Å². The molecule has 29 heavy (non-hydrogen) atoms. The van der Waals surface area contributed by atoms with E-state index < -0.39 is 21.8 Å². The molecule has 156 valence electrons.